The fourth-order valence-corrected chi connectivity index (χ4v) is 3.34. The van der Waals surface area contributed by atoms with Gasteiger partial charge in [0.25, 0.3) is 5.91 Å². The Balaban J connectivity index is 1.69. The number of azo groups is 1. The van der Waals surface area contributed by atoms with Crippen LogP contribution >= 0.6 is 11.6 Å². The van der Waals surface area contributed by atoms with Crippen LogP contribution in [-0.2, 0) is 6.54 Å². The Kier molecular flexibility index (Phi) is 4.16. The number of aryl methyl sites for hydroxylation is 2. The van der Waals surface area contributed by atoms with Crippen LogP contribution in [0.25, 0.3) is 21.9 Å². The first kappa shape index (κ1) is 17.2. The second-order valence-electron chi connectivity index (χ2n) is 6.12. The Labute approximate surface area is 159 Å². The molecule has 0 fully saturated rings. The zero-order valence-electron chi connectivity index (χ0n) is 14.7. The Bertz CT molecular complexity index is 1220. The van der Waals surface area contributed by atoms with Gasteiger partial charge in [-0.1, -0.05) is 11.6 Å². The van der Waals surface area contributed by atoms with E-state index in [0.717, 1.165) is 23.4 Å². The molecule has 0 unspecified atom stereocenters. The molecule has 136 valence electrons. The van der Waals surface area contributed by atoms with E-state index in [1.807, 2.05) is 19.9 Å². The van der Waals surface area contributed by atoms with Crippen LogP contribution in [0.15, 0.2) is 46.6 Å². The molecule has 7 nitrogen and oxygen atoms in total. The normalized spacial score (nSPS) is 11.8. The molecule has 4 aromatic rings. The molecule has 2 N–H and O–H groups in total. The van der Waals surface area contributed by atoms with Crippen LogP contribution < -0.4 is 0 Å². The average molecular weight is 382 g/mol. The highest BCUT2D eigenvalue weighted by Crippen LogP contribution is 2.36. The summed E-state index contributed by atoms with van der Waals surface area (Å²) in [7, 11) is 0. The van der Waals surface area contributed by atoms with Crippen molar-refractivity contribution in [2.24, 2.45) is 10.2 Å². The van der Waals surface area contributed by atoms with Crippen LogP contribution in [0.2, 0.25) is 5.02 Å². The summed E-state index contributed by atoms with van der Waals surface area (Å²) >= 11 is 6.00. The van der Waals surface area contributed by atoms with E-state index >= 15 is 0 Å². The van der Waals surface area contributed by atoms with Crippen molar-refractivity contribution in [3.05, 3.63) is 52.8 Å². The summed E-state index contributed by atoms with van der Waals surface area (Å²) in [6.45, 7) is 4.77. The first-order valence-electron chi connectivity index (χ1n) is 8.41. The minimum atomic E-state index is -0.517. The van der Waals surface area contributed by atoms with Gasteiger partial charge in [-0.3, -0.25) is 4.79 Å². The van der Waals surface area contributed by atoms with Crippen LogP contribution in [-0.4, -0.2) is 25.5 Å². The highest BCUT2D eigenvalue weighted by molar-refractivity contribution is 6.31. The summed E-state index contributed by atoms with van der Waals surface area (Å²) in [5.74, 6) is 0.201. The number of amides is 1. The number of hydrogen-bond acceptors (Lipinski definition) is 4. The van der Waals surface area contributed by atoms with Crippen LogP contribution in [0.4, 0.5) is 5.69 Å². The molecule has 0 aliphatic heterocycles. The summed E-state index contributed by atoms with van der Waals surface area (Å²) in [4.78, 5) is 19.7. The van der Waals surface area contributed by atoms with Crippen molar-refractivity contribution in [1.82, 2.24) is 14.5 Å². The maximum Gasteiger partial charge on any atom is 0.295 e. The highest BCUT2D eigenvalue weighted by atomic mass is 35.5. The molecule has 0 atom stereocenters. The third-order valence-corrected chi connectivity index (χ3v) is 4.69. The maximum atomic E-state index is 12.4. The molecule has 0 spiro atoms. The van der Waals surface area contributed by atoms with Gasteiger partial charge in [0.15, 0.2) is 5.69 Å². The molecule has 8 heteroatoms. The van der Waals surface area contributed by atoms with Gasteiger partial charge < -0.3 is 14.7 Å². The number of aromatic hydroxyl groups is 1. The largest absolute Gasteiger partial charge is 0.493 e. The zero-order valence-corrected chi connectivity index (χ0v) is 15.4. The minimum Gasteiger partial charge on any atom is -0.493 e. The molecule has 0 radical (unpaired) electrons. The second-order valence-corrected chi connectivity index (χ2v) is 6.56. The van der Waals surface area contributed by atoms with Crippen molar-refractivity contribution in [1.29, 1.82) is 0 Å². The number of rotatable bonds is 3. The number of halogens is 1. The van der Waals surface area contributed by atoms with Gasteiger partial charge in [-0.05, 0) is 50.2 Å². The van der Waals surface area contributed by atoms with Gasteiger partial charge >= 0.3 is 0 Å². The highest BCUT2D eigenvalue weighted by Gasteiger charge is 2.13. The summed E-state index contributed by atoms with van der Waals surface area (Å²) in [5.41, 5.74) is 2.90. The zero-order chi connectivity index (χ0) is 19.1. The molecule has 2 aromatic heterocycles. The number of imidazole rings is 1. The van der Waals surface area contributed by atoms with E-state index in [-0.39, 0.29) is 11.6 Å². The van der Waals surface area contributed by atoms with Crippen molar-refractivity contribution < 1.29 is 9.90 Å². The number of hydrogen-bond donors (Lipinski definition) is 2. The summed E-state index contributed by atoms with van der Waals surface area (Å²) in [6, 6.07) is 10.3. The third-order valence-electron chi connectivity index (χ3n) is 4.46. The maximum absolute atomic E-state index is 12.4. The second kappa shape index (κ2) is 6.51. The molecular weight excluding hydrogens is 366 g/mol. The lowest BCUT2D eigenvalue weighted by atomic mass is 10.2. The van der Waals surface area contributed by atoms with E-state index in [1.54, 1.807) is 30.3 Å². The number of nitrogens with one attached hydrogen (secondary N) is 1. The lowest BCUT2D eigenvalue weighted by molar-refractivity contribution is 0.0995. The molecule has 0 saturated heterocycles. The number of carbonyl (C=O) groups excluding carboxylic acids is 1. The van der Waals surface area contributed by atoms with Gasteiger partial charge in [-0.15, -0.1) is 10.2 Å². The molecule has 0 aliphatic carbocycles. The number of benzene rings is 2. The Morgan fingerprint density at radius 1 is 1.30 bits per heavy atom. The molecule has 2 aromatic carbocycles. The minimum absolute atomic E-state index is 0.170. The Hall–Kier alpha value is -3.19. The number of carbonyl (C=O) groups is 1. The quantitative estimate of drug-likeness (QED) is 0.481. The van der Waals surface area contributed by atoms with Crippen LogP contribution in [0.1, 0.15) is 23.1 Å². The van der Waals surface area contributed by atoms with Crippen molar-refractivity contribution in [3.8, 4) is 5.88 Å². The van der Waals surface area contributed by atoms with Gasteiger partial charge in [0.05, 0.1) is 16.6 Å². The monoisotopic (exact) mass is 381 g/mol. The topological polar surface area (TPSA) is 95.6 Å². The van der Waals surface area contributed by atoms with Crippen LogP contribution in [0.5, 0.6) is 5.88 Å². The lowest BCUT2D eigenvalue weighted by Gasteiger charge is -2.01. The fraction of sp³-hybridized carbons (Fsp3) is 0.158. The van der Waals surface area contributed by atoms with Crippen molar-refractivity contribution in [3.63, 3.8) is 0 Å². The van der Waals surface area contributed by atoms with Gasteiger partial charge in [0.2, 0.25) is 5.88 Å². The number of aromatic amines is 1. The molecule has 0 saturated carbocycles. The molecule has 2 heterocycles. The average Bonchev–Trinajstić information content (AvgIpc) is 3.13. The number of fused-ring (bicyclic) bond motifs is 2. The predicted octanol–water partition coefficient (Wildman–Crippen LogP) is 5.13. The van der Waals surface area contributed by atoms with Gasteiger partial charge in [0.1, 0.15) is 5.82 Å². The van der Waals surface area contributed by atoms with E-state index in [9.17, 15) is 9.90 Å². The van der Waals surface area contributed by atoms with E-state index < -0.39 is 5.91 Å². The van der Waals surface area contributed by atoms with Gasteiger partial charge in [0, 0.05) is 22.5 Å². The predicted molar refractivity (Wildman–Crippen MR) is 104 cm³/mol. The van der Waals surface area contributed by atoms with Crippen LogP contribution in [0.3, 0.4) is 0 Å². The molecule has 1 amide bonds. The van der Waals surface area contributed by atoms with E-state index in [2.05, 4.69) is 24.8 Å². The number of H-pyrrole nitrogens is 1. The molecule has 27 heavy (non-hydrogen) atoms. The van der Waals surface area contributed by atoms with E-state index in [0.29, 0.717) is 21.5 Å². The van der Waals surface area contributed by atoms with E-state index in [1.165, 1.54) is 0 Å². The SMILES string of the molecule is CCn1c(C)nc2cc(C(=O)N=Nc3c(O)[nH]c4ccc(Cl)cc34)ccc21. The Morgan fingerprint density at radius 3 is 2.89 bits per heavy atom. The summed E-state index contributed by atoms with van der Waals surface area (Å²) < 4.78 is 2.07. The van der Waals surface area contributed by atoms with Crippen molar-refractivity contribution in [2.75, 3.05) is 0 Å². The van der Waals surface area contributed by atoms with Crippen molar-refractivity contribution >= 4 is 45.1 Å². The number of aromatic nitrogens is 3. The van der Waals surface area contributed by atoms with Gasteiger partial charge in [-0.25, -0.2) is 4.98 Å². The summed E-state index contributed by atoms with van der Waals surface area (Å²) in [5, 5.41) is 18.8. The Morgan fingerprint density at radius 2 is 2.11 bits per heavy atom. The van der Waals surface area contributed by atoms with Crippen molar-refractivity contribution in [2.45, 2.75) is 20.4 Å². The lowest BCUT2D eigenvalue weighted by Crippen LogP contribution is -1.97. The third kappa shape index (κ3) is 2.96. The number of nitrogens with zero attached hydrogens (tertiary/aromatic N) is 4. The smallest absolute Gasteiger partial charge is 0.295 e. The van der Waals surface area contributed by atoms with E-state index in [4.69, 9.17) is 11.6 Å². The summed E-state index contributed by atoms with van der Waals surface area (Å²) in [6.07, 6.45) is 0. The molecule has 0 aliphatic rings. The molecular formula is C19H16ClN5O2. The molecule has 0 bridgehead atoms. The first-order chi connectivity index (χ1) is 13.0. The van der Waals surface area contributed by atoms with Gasteiger partial charge in [-0.2, -0.15) is 0 Å². The first-order valence-corrected chi connectivity index (χ1v) is 8.79. The molecule has 4 rings (SSSR count). The van der Waals surface area contributed by atoms with Crippen LogP contribution in [0, 0.1) is 6.92 Å². The standard InChI is InChI=1S/C19H16ClN5O2/c1-3-25-10(2)21-15-8-11(4-7-16(15)25)18(26)24-23-17-13-9-12(20)5-6-14(13)22-19(17)27/h4-9,22,27H,3H2,1-2H3. The fourth-order valence-electron chi connectivity index (χ4n) is 3.17.